The zero-order chi connectivity index (χ0) is 15.6. The van der Waals surface area contributed by atoms with Crippen LogP contribution in [-0.4, -0.2) is 12.7 Å². The van der Waals surface area contributed by atoms with Crippen molar-refractivity contribution in [1.29, 1.82) is 10.5 Å². The van der Waals surface area contributed by atoms with Gasteiger partial charge in [-0.25, -0.2) is 9.98 Å². The zero-order valence-corrected chi connectivity index (χ0v) is 11.6. The molecule has 2 rings (SSSR count). The Hall–Kier alpha value is -3.64. The zero-order valence-electron chi connectivity index (χ0n) is 11.6. The van der Waals surface area contributed by atoms with Crippen LogP contribution in [0, 0.1) is 22.9 Å². The minimum atomic E-state index is 0.760. The van der Waals surface area contributed by atoms with Gasteiger partial charge in [-0.1, -0.05) is 24.3 Å². The largest absolute Gasteiger partial charge is 0.283 e. The summed E-state index contributed by atoms with van der Waals surface area (Å²) < 4.78 is 0. The van der Waals surface area contributed by atoms with Crippen LogP contribution in [-0.2, 0) is 0 Å². The summed E-state index contributed by atoms with van der Waals surface area (Å²) in [6, 6.07) is 15.3. The van der Waals surface area contributed by atoms with E-state index < -0.39 is 0 Å². The lowest BCUT2D eigenvalue weighted by Crippen LogP contribution is -1.98. The van der Waals surface area contributed by atoms with Crippen molar-refractivity contribution < 1.29 is 0 Å². The van der Waals surface area contributed by atoms with Gasteiger partial charge in [0.05, 0.1) is 11.4 Å². The molecule has 2 aromatic rings. The monoisotopic (exact) mass is 288 g/mol. The predicted octanol–water partition coefficient (Wildman–Crippen LogP) is 2.81. The molecule has 0 spiro atoms. The fourth-order valence-corrected chi connectivity index (χ4v) is 1.75. The van der Waals surface area contributed by atoms with E-state index >= 15 is 0 Å². The smallest absolute Gasteiger partial charge is 0.182 e. The van der Waals surface area contributed by atoms with Crippen molar-refractivity contribution in [1.82, 2.24) is 10.6 Å². The highest BCUT2D eigenvalue weighted by Crippen LogP contribution is 2.24. The minimum Gasteiger partial charge on any atom is -0.283 e. The molecule has 2 aromatic carbocycles. The summed E-state index contributed by atoms with van der Waals surface area (Å²) >= 11 is 0. The molecule has 0 radical (unpaired) electrons. The molecule has 0 amide bonds. The average Bonchev–Trinajstić information content (AvgIpc) is 2.57. The SMILES string of the molecule is N#CNC=Nc1ccc(-c2ccc(N=CNC#N)cc2)cc1. The van der Waals surface area contributed by atoms with Gasteiger partial charge in [0, 0.05) is 0 Å². The molecular formula is C16H12N6. The third kappa shape index (κ3) is 4.19. The van der Waals surface area contributed by atoms with Gasteiger partial charge in [0.15, 0.2) is 12.4 Å². The lowest BCUT2D eigenvalue weighted by Gasteiger charge is -2.02. The van der Waals surface area contributed by atoms with Crippen LogP contribution < -0.4 is 10.6 Å². The first kappa shape index (κ1) is 14.8. The summed E-state index contributed by atoms with van der Waals surface area (Å²) in [5, 5.41) is 21.4. The number of hydrogen-bond donors (Lipinski definition) is 2. The van der Waals surface area contributed by atoms with Crippen LogP contribution in [0.3, 0.4) is 0 Å². The number of hydrogen-bond acceptors (Lipinski definition) is 4. The predicted molar refractivity (Wildman–Crippen MR) is 85.7 cm³/mol. The number of benzene rings is 2. The molecule has 0 aromatic heterocycles. The van der Waals surface area contributed by atoms with Crippen LogP contribution in [0.25, 0.3) is 11.1 Å². The van der Waals surface area contributed by atoms with Gasteiger partial charge in [-0.15, -0.1) is 0 Å². The van der Waals surface area contributed by atoms with Gasteiger partial charge >= 0.3 is 0 Å². The molecule has 0 aliphatic carbocycles. The van der Waals surface area contributed by atoms with Crippen molar-refractivity contribution in [2.75, 3.05) is 0 Å². The topological polar surface area (TPSA) is 96.4 Å². The molecule has 0 bridgehead atoms. The van der Waals surface area contributed by atoms with E-state index in [0.29, 0.717) is 0 Å². The summed E-state index contributed by atoms with van der Waals surface area (Å²) in [5.74, 6) is 0. The summed E-state index contributed by atoms with van der Waals surface area (Å²) in [6.07, 6.45) is 6.22. The van der Waals surface area contributed by atoms with Crippen molar-refractivity contribution in [3.8, 4) is 23.5 Å². The van der Waals surface area contributed by atoms with Crippen LogP contribution in [0.4, 0.5) is 11.4 Å². The standard InChI is InChI=1S/C16H12N6/c17-9-19-11-21-15-5-1-13(2-6-15)14-3-7-16(8-4-14)22-12-20-10-18/h1-8,11-12H,(H,19,21)(H,20,22). The molecule has 0 aliphatic heterocycles. The molecule has 0 heterocycles. The molecule has 0 aliphatic rings. The molecule has 22 heavy (non-hydrogen) atoms. The first-order valence-corrected chi connectivity index (χ1v) is 6.38. The Labute approximate surface area is 128 Å². The van der Waals surface area contributed by atoms with Crippen LogP contribution >= 0.6 is 0 Å². The second-order valence-electron chi connectivity index (χ2n) is 4.12. The third-order valence-corrected chi connectivity index (χ3v) is 2.75. The fourth-order valence-electron chi connectivity index (χ4n) is 1.75. The van der Waals surface area contributed by atoms with E-state index in [-0.39, 0.29) is 0 Å². The summed E-state index contributed by atoms with van der Waals surface area (Å²) in [6.45, 7) is 0. The highest BCUT2D eigenvalue weighted by Gasteiger charge is 1.98. The molecule has 0 fully saturated rings. The van der Waals surface area contributed by atoms with Crippen LogP contribution in [0.2, 0.25) is 0 Å². The number of aliphatic imine (C=N–C) groups is 2. The van der Waals surface area contributed by atoms with Crippen molar-refractivity contribution in [2.45, 2.75) is 0 Å². The van der Waals surface area contributed by atoms with Crippen molar-refractivity contribution in [2.24, 2.45) is 9.98 Å². The highest BCUT2D eigenvalue weighted by atomic mass is 14.9. The van der Waals surface area contributed by atoms with Crippen molar-refractivity contribution >= 4 is 24.1 Å². The second-order valence-corrected chi connectivity index (χ2v) is 4.12. The summed E-state index contributed by atoms with van der Waals surface area (Å²) in [5.41, 5.74) is 3.63. The van der Waals surface area contributed by atoms with E-state index in [1.165, 1.54) is 12.7 Å². The molecule has 106 valence electrons. The maximum Gasteiger partial charge on any atom is 0.182 e. The van der Waals surface area contributed by atoms with Crippen molar-refractivity contribution in [3.63, 3.8) is 0 Å². The van der Waals surface area contributed by atoms with Gasteiger partial charge in [0.2, 0.25) is 0 Å². The van der Waals surface area contributed by atoms with E-state index in [2.05, 4.69) is 20.6 Å². The highest BCUT2D eigenvalue weighted by molar-refractivity contribution is 5.70. The quantitative estimate of drug-likeness (QED) is 0.382. The second kappa shape index (κ2) is 7.83. The van der Waals surface area contributed by atoms with Gasteiger partial charge in [-0.05, 0) is 35.4 Å². The van der Waals surface area contributed by atoms with E-state index in [0.717, 1.165) is 22.5 Å². The number of nitrogens with one attached hydrogen (secondary N) is 2. The lowest BCUT2D eigenvalue weighted by atomic mass is 10.1. The van der Waals surface area contributed by atoms with E-state index in [1.54, 1.807) is 12.4 Å². The molecule has 2 N–H and O–H groups in total. The first-order chi connectivity index (χ1) is 10.8. The number of nitriles is 2. The maximum atomic E-state index is 8.35. The molecule has 6 heteroatoms. The van der Waals surface area contributed by atoms with E-state index in [4.69, 9.17) is 10.5 Å². The average molecular weight is 288 g/mol. The Morgan fingerprint density at radius 1 is 0.682 bits per heavy atom. The Balaban J connectivity index is 2.09. The molecular weight excluding hydrogens is 276 g/mol. The number of rotatable bonds is 5. The fraction of sp³-hybridized carbons (Fsp3) is 0. The van der Waals surface area contributed by atoms with Crippen LogP contribution in [0.15, 0.2) is 58.5 Å². The summed E-state index contributed by atoms with van der Waals surface area (Å²) in [4.78, 5) is 8.15. The van der Waals surface area contributed by atoms with Crippen molar-refractivity contribution in [3.05, 3.63) is 48.5 Å². The van der Waals surface area contributed by atoms with Gasteiger partial charge in [0.25, 0.3) is 0 Å². The normalized spacial score (nSPS) is 10.3. The maximum absolute atomic E-state index is 8.35. The number of nitrogens with zero attached hydrogens (tertiary/aromatic N) is 4. The van der Waals surface area contributed by atoms with Gasteiger partial charge in [-0.2, -0.15) is 10.5 Å². The Kier molecular flexibility index (Phi) is 5.25. The molecule has 0 saturated heterocycles. The Morgan fingerprint density at radius 3 is 1.36 bits per heavy atom. The third-order valence-electron chi connectivity index (χ3n) is 2.75. The van der Waals surface area contributed by atoms with Gasteiger partial charge in [0.1, 0.15) is 12.7 Å². The molecule has 0 saturated carbocycles. The van der Waals surface area contributed by atoms with Crippen LogP contribution in [0.1, 0.15) is 0 Å². The minimum absolute atomic E-state index is 0.760. The first-order valence-electron chi connectivity index (χ1n) is 6.38. The van der Waals surface area contributed by atoms with Gasteiger partial charge in [-0.3, -0.25) is 10.6 Å². The molecule has 0 atom stereocenters. The van der Waals surface area contributed by atoms with E-state index in [9.17, 15) is 0 Å². The Morgan fingerprint density at radius 2 is 1.05 bits per heavy atom. The lowest BCUT2D eigenvalue weighted by molar-refractivity contribution is 1.29. The molecule has 6 nitrogen and oxygen atoms in total. The molecule has 0 unspecified atom stereocenters. The van der Waals surface area contributed by atoms with E-state index in [1.807, 2.05) is 48.5 Å². The Bertz CT molecular complexity index is 678. The van der Waals surface area contributed by atoms with Crippen LogP contribution in [0.5, 0.6) is 0 Å². The summed E-state index contributed by atoms with van der Waals surface area (Å²) in [7, 11) is 0. The van der Waals surface area contributed by atoms with Gasteiger partial charge < -0.3 is 0 Å².